The summed E-state index contributed by atoms with van der Waals surface area (Å²) in [4.78, 5) is 37.9. The van der Waals surface area contributed by atoms with Gasteiger partial charge in [0.1, 0.15) is 12.1 Å². The second-order valence-corrected chi connectivity index (χ2v) is 6.33. The Morgan fingerprint density at radius 2 is 1.74 bits per heavy atom. The number of carbonyl (C=O) groups is 3. The SMILES string of the molecule is O=C(NCC(=O)N1CCC(NC(=O)c2ccc(F)cc2)CC1)c1ccoc1. The van der Waals surface area contributed by atoms with Crippen LogP contribution in [0.4, 0.5) is 4.39 Å². The minimum atomic E-state index is -0.391. The van der Waals surface area contributed by atoms with Crippen LogP contribution in [0.2, 0.25) is 0 Å². The lowest BCUT2D eigenvalue weighted by molar-refractivity contribution is -0.131. The van der Waals surface area contributed by atoms with Crippen molar-refractivity contribution in [2.45, 2.75) is 18.9 Å². The van der Waals surface area contributed by atoms with Crippen LogP contribution in [0.5, 0.6) is 0 Å². The molecule has 142 valence electrons. The van der Waals surface area contributed by atoms with E-state index in [1.54, 1.807) is 4.90 Å². The number of hydrogen-bond donors (Lipinski definition) is 2. The van der Waals surface area contributed by atoms with E-state index in [2.05, 4.69) is 10.6 Å². The van der Waals surface area contributed by atoms with Gasteiger partial charge >= 0.3 is 0 Å². The fraction of sp³-hybridized carbons (Fsp3) is 0.316. The Kier molecular flexibility index (Phi) is 5.85. The van der Waals surface area contributed by atoms with Gasteiger partial charge in [-0.25, -0.2) is 4.39 Å². The maximum absolute atomic E-state index is 12.9. The molecule has 3 rings (SSSR count). The zero-order valence-corrected chi connectivity index (χ0v) is 14.6. The topological polar surface area (TPSA) is 91.7 Å². The lowest BCUT2D eigenvalue weighted by Crippen LogP contribution is -2.49. The smallest absolute Gasteiger partial charge is 0.254 e. The van der Waals surface area contributed by atoms with E-state index >= 15 is 0 Å². The molecule has 0 atom stereocenters. The summed E-state index contributed by atoms with van der Waals surface area (Å²) in [6.45, 7) is 0.903. The third kappa shape index (κ3) is 4.93. The van der Waals surface area contributed by atoms with Crippen molar-refractivity contribution in [1.29, 1.82) is 0 Å². The molecule has 0 spiro atoms. The number of benzene rings is 1. The molecule has 1 fully saturated rings. The van der Waals surface area contributed by atoms with Gasteiger partial charge in [0.25, 0.3) is 11.8 Å². The number of likely N-dealkylation sites (tertiary alicyclic amines) is 1. The van der Waals surface area contributed by atoms with Gasteiger partial charge in [0.15, 0.2) is 0 Å². The van der Waals surface area contributed by atoms with Crippen molar-refractivity contribution in [3.63, 3.8) is 0 Å². The minimum Gasteiger partial charge on any atom is -0.472 e. The van der Waals surface area contributed by atoms with Crippen LogP contribution in [-0.2, 0) is 4.79 Å². The molecule has 2 heterocycles. The maximum atomic E-state index is 12.9. The molecule has 1 aromatic heterocycles. The zero-order chi connectivity index (χ0) is 19.2. The van der Waals surface area contributed by atoms with E-state index in [-0.39, 0.29) is 30.3 Å². The third-order valence-electron chi connectivity index (χ3n) is 4.47. The Hall–Kier alpha value is -3.16. The molecule has 2 N–H and O–H groups in total. The van der Waals surface area contributed by atoms with Crippen LogP contribution in [0.3, 0.4) is 0 Å². The fourth-order valence-corrected chi connectivity index (χ4v) is 2.91. The first-order chi connectivity index (χ1) is 13.0. The standard InChI is InChI=1S/C19H20FN3O4/c20-15-3-1-13(2-4-15)19(26)22-16-5-8-23(9-6-16)17(24)11-21-18(25)14-7-10-27-12-14/h1-4,7,10,12,16H,5-6,8-9,11H2,(H,21,25)(H,22,26). The van der Waals surface area contributed by atoms with Gasteiger partial charge in [0.05, 0.1) is 18.4 Å². The van der Waals surface area contributed by atoms with Crippen molar-refractivity contribution in [3.8, 4) is 0 Å². The summed E-state index contributed by atoms with van der Waals surface area (Å²) in [5, 5.41) is 5.46. The average Bonchev–Trinajstić information content (AvgIpc) is 3.22. The Balaban J connectivity index is 1.41. The molecule has 0 saturated carbocycles. The largest absolute Gasteiger partial charge is 0.472 e. The second kappa shape index (κ2) is 8.48. The highest BCUT2D eigenvalue weighted by atomic mass is 19.1. The number of rotatable bonds is 5. The van der Waals surface area contributed by atoms with E-state index in [0.29, 0.717) is 37.1 Å². The Morgan fingerprint density at radius 3 is 2.37 bits per heavy atom. The first-order valence-electron chi connectivity index (χ1n) is 8.67. The van der Waals surface area contributed by atoms with Gasteiger partial charge in [-0.15, -0.1) is 0 Å². The molecule has 1 aliphatic rings. The number of piperidine rings is 1. The van der Waals surface area contributed by atoms with E-state index in [0.717, 1.165) is 0 Å². The van der Waals surface area contributed by atoms with Crippen LogP contribution in [0, 0.1) is 5.82 Å². The van der Waals surface area contributed by atoms with Gasteiger partial charge in [-0.3, -0.25) is 14.4 Å². The highest BCUT2D eigenvalue weighted by Gasteiger charge is 2.24. The monoisotopic (exact) mass is 373 g/mol. The molecule has 7 nitrogen and oxygen atoms in total. The number of amides is 3. The van der Waals surface area contributed by atoms with Crippen LogP contribution in [0.25, 0.3) is 0 Å². The van der Waals surface area contributed by atoms with E-state index in [9.17, 15) is 18.8 Å². The third-order valence-corrected chi connectivity index (χ3v) is 4.47. The van der Waals surface area contributed by atoms with Gasteiger partial charge in [-0.1, -0.05) is 0 Å². The fourth-order valence-electron chi connectivity index (χ4n) is 2.91. The van der Waals surface area contributed by atoms with Crippen molar-refractivity contribution in [2.24, 2.45) is 0 Å². The van der Waals surface area contributed by atoms with E-state index in [1.807, 2.05) is 0 Å². The molecule has 0 unspecified atom stereocenters. The number of hydrogen-bond acceptors (Lipinski definition) is 4. The molecular weight excluding hydrogens is 353 g/mol. The Labute approximate surface area is 155 Å². The molecule has 1 saturated heterocycles. The first kappa shape index (κ1) is 18.6. The van der Waals surface area contributed by atoms with Crippen molar-refractivity contribution >= 4 is 17.7 Å². The summed E-state index contributed by atoms with van der Waals surface area (Å²) >= 11 is 0. The summed E-state index contributed by atoms with van der Waals surface area (Å²) in [5.41, 5.74) is 0.766. The highest BCUT2D eigenvalue weighted by Crippen LogP contribution is 2.12. The van der Waals surface area contributed by atoms with E-state index < -0.39 is 5.82 Å². The number of halogens is 1. The predicted octanol–water partition coefficient (Wildman–Crippen LogP) is 1.57. The number of nitrogens with one attached hydrogen (secondary N) is 2. The van der Waals surface area contributed by atoms with Gasteiger partial charge in [0.2, 0.25) is 5.91 Å². The average molecular weight is 373 g/mol. The minimum absolute atomic E-state index is 0.0490. The molecule has 3 amide bonds. The molecule has 8 heteroatoms. The Bertz CT molecular complexity index is 797. The summed E-state index contributed by atoms with van der Waals surface area (Å²) in [6.07, 6.45) is 3.94. The van der Waals surface area contributed by atoms with Crippen LogP contribution in [0.15, 0.2) is 47.3 Å². The quantitative estimate of drug-likeness (QED) is 0.832. The van der Waals surface area contributed by atoms with Crippen molar-refractivity contribution in [2.75, 3.05) is 19.6 Å². The highest BCUT2D eigenvalue weighted by molar-refractivity contribution is 5.96. The van der Waals surface area contributed by atoms with E-state index in [4.69, 9.17) is 4.42 Å². The second-order valence-electron chi connectivity index (χ2n) is 6.33. The van der Waals surface area contributed by atoms with Crippen molar-refractivity contribution in [1.82, 2.24) is 15.5 Å². The van der Waals surface area contributed by atoms with Crippen LogP contribution in [-0.4, -0.2) is 48.3 Å². The van der Waals surface area contributed by atoms with Crippen molar-refractivity contribution < 1.29 is 23.2 Å². The predicted molar refractivity (Wildman–Crippen MR) is 94.5 cm³/mol. The lowest BCUT2D eigenvalue weighted by Gasteiger charge is -2.32. The van der Waals surface area contributed by atoms with Gasteiger partial charge in [-0.2, -0.15) is 0 Å². The number of furan rings is 1. The van der Waals surface area contributed by atoms with Crippen LogP contribution in [0.1, 0.15) is 33.6 Å². The first-order valence-corrected chi connectivity index (χ1v) is 8.67. The molecule has 1 aliphatic heterocycles. The summed E-state index contributed by atoms with van der Waals surface area (Å²) in [5.74, 6) is -1.18. The van der Waals surface area contributed by atoms with E-state index in [1.165, 1.54) is 42.9 Å². The number of nitrogens with zero attached hydrogens (tertiary/aromatic N) is 1. The zero-order valence-electron chi connectivity index (χ0n) is 14.6. The Morgan fingerprint density at radius 1 is 1.04 bits per heavy atom. The van der Waals surface area contributed by atoms with Gasteiger partial charge in [0, 0.05) is 24.7 Å². The molecule has 0 radical (unpaired) electrons. The van der Waals surface area contributed by atoms with Gasteiger partial charge in [-0.05, 0) is 43.2 Å². The van der Waals surface area contributed by atoms with Crippen molar-refractivity contribution in [3.05, 3.63) is 59.8 Å². The number of carbonyl (C=O) groups excluding carboxylic acids is 3. The molecule has 0 aliphatic carbocycles. The van der Waals surface area contributed by atoms with Gasteiger partial charge < -0.3 is 20.0 Å². The lowest BCUT2D eigenvalue weighted by atomic mass is 10.0. The molecular formula is C19H20FN3O4. The molecule has 27 heavy (non-hydrogen) atoms. The summed E-state index contributed by atoms with van der Waals surface area (Å²) in [7, 11) is 0. The molecule has 0 bridgehead atoms. The van der Waals surface area contributed by atoms with Crippen LogP contribution < -0.4 is 10.6 Å². The maximum Gasteiger partial charge on any atom is 0.254 e. The summed E-state index contributed by atoms with van der Waals surface area (Å²) < 4.78 is 17.8. The molecule has 1 aromatic carbocycles. The van der Waals surface area contributed by atoms with Crippen LogP contribution >= 0.6 is 0 Å². The molecule has 2 aromatic rings. The normalized spacial score (nSPS) is 14.6. The summed E-state index contributed by atoms with van der Waals surface area (Å²) in [6, 6.07) is 6.84.